The molecule has 0 atom stereocenters. The van der Waals surface area contributed by atoms with E-state index in [4.69, 9.17) is 5.73 Å². The van der Waals surface area contributed by atoms with Crippen LogP contribution in [-0.4, -0.2) is 31.3 Å². The van der Waals surface area contributed by atoms with Crippen LogP contribution in [0, 0.1) is 0 Å². The minimum absolute atomic E-state index is 0.189. The molecule has 2 aromatic heterocycles. The number of nitrogens with zero attached hydrogens (tertiary/aromatic N) is 3. The fraction of sp³-hybridized carbons (Fsp3) is 0.250. The number of amides is 1. The molecule has 1 aliphatic rings. The van der Waals surface area contributed by atoms with Gasteiger partial charge in [0.15, 0.2) is 11.5 Å². The number of carbonyl (C=O) groups is 1. The normalized spacial score (nSPS) is 13.0. The number of rotatable bonds is 4. The Labute approximate surface area is 137 Å². The van der Waals surface area contributed by atoms with Gasteiger partial charge in [0.05, 0.1) is 6.54 Å². The van der Waals surface area contributed by atoms with Crippen LogP contribution in [0.2, 0.25) is 0 Å². The molecule has 3 aromatic rings. The van der Waals surface area contributed by atoms with E-state index in [-0.39, 0.29) is 5.91 Å². The summed E-state index contributed by atoms with van der Waals surface area (Å²) in [4.78, 5) is 16.7. The Morgan fingerprint density at radius 1 is 1.17 bits per heavy atom. The second-order valence-corrected chi connectivity index (χ2v) is 5.72. The van der Waals surface area contributed by atoms with E-state index in [0.717, 1.165) is 36.1 Å². The van der Waals surface area contributed by atoms with Crippen molar-refractivity contribution in [3.63, 3.8) is 0 Å². The lowest BCUT2D eigenvalue weighted by Crippen LogP contribution is -2.14. The van der Waals surface area contributed by atoms with Gasteiger partial charge in [-0.2, -0.15) is 10.2 Å². The molecule has 0 bridgehead atoms. The maximum atomic E-state index is 12.4. The summed E-state index contributed by atoms with van der Waals surface area (Å²) in [6.07, 6.45) is 2.94. The van der Waals surface area contributed by atoms with E-state index in [0.29, 0.717) is 29.6 Å². The van der Waals surface area contributed by atoms with Crippen LogP contribution in [0.3, 0.4) is 0 Å². The molecule has 0 unspecified atom stereocenters. The Morgan fingerprint density at radius 3 is 2.75 bits per heavy atom. The SMILES string of the molecule is NCc1nc(-c2ccc(NC(=O)c3n[nH]c4c3CCC4)cc2)n[nH]1. The molecule has 0 saturated carbocycles. The number of H-pyrrole nitrogens is 2. The number of hydrogen-bond acceptors (Lipinski definition) is 5. The summed E-state index contributed by atoms with van der Waals surface area (Å²) in [5, 5.41) is 16.9. The second kappa shape index (κ2) is 5.89. The van der Waals surface area contributed by atoms with Crippen molar-refractivity contribution >= 4 is 11.6 Å². The lowest BCUT2D eigenvalue weighted by Gasteiger charge is -2.05. The molecular weight excluding hydrogens is 306 g/mol. The standard InChI is InChI=1S/C16H17N7O/c17-8-13-19-15(23-21-13)9-4-6-10(7-5-9)18-16(24)14-11-2-1-3-12(11)20-22-14/h4-7H,1-3,8,17H2,(H,18,24)(H,20,22)(H,19,21,23). The molecule has 0 aliphatic heterocycles. The third-order valence-corrected chi connectivity index (χ3v) is 4.15. The van der Waals surface area contributed by atoms with E-state index in [1.807, 2.05) is 24.3 Å². The van der Waals surface area contributed by atoms with Crippen LogP contribution in [-0.2, 0) is 19.4 Å². The first kappa shape index (κ1) is 14.6. The van der Waals surface area contributed by atoms with Gasteiger partial charge in [0.25, 0.3) is 5.91 Å². The molecule has 24 heavy (non-hydrogen) atoms. The third-order valence-electron chi connectivity index (χ3n) is 4.15. The van der Waals surface area contributed by atoms with Crippen LogP contribution in [0.5, 0.6) is 0 Å². The summed E-state index contributed by atoms with van der Waals surface area (Å²) in [5.41, 5.74) is 9.68. The van der Waals surface area contributed by atoms with E-state index < -0.39 is 0 Å². The summed E-state index contributed by atoms with van der Waals surface area (Å²) in [7, 11) is 0. The van der Waals surface area contributed by atoms with Crippen molar-refractivity contribution in [1.82, 2.24) is 25.4 Å². The molecule has 2 heterocycles. The number of aromatic nitrogens is 5. The van der Waals surface area contributed by atoms with Gasteiger partial charge in [-0.25, -0.2) is 4.98 Å². The number of carbonyl (C=O) groups excluding carboxylic acids is 1. The Morgan fingerprint density at radius 2 is 2.00 bits per heavy atom. The molecule has 0 radical (unpaired) electrons. The quantitative estimate of drug-likeness (QED) is 0.577. The van der Waals surface area contributed by atoms with E-state index in [1.165, 1.54) is 0 Å². The van der Waals surface area contributed by atoms with E-state index in [2.05, 4.69) is 30.7 Å². The predicted octanol–water partition coefficient (Wildman–Crippen LogP) is 1.39. The van der Waals surface area contributed by atoms with Crippen LogP contribution in [0.1, 0.15) is 34.0 Å². The van der Waals surface area contributed by atoms with Crippen molar-refractivity contribution < 1.29 is 4.79 Å². The number of benzene rings is 1. The zero-order chi connectivity index (χ0) is 16.5. The number of aromatic amines is 2. The van der Waals surface area contributed by atoms with Crippen molar-refractivity contribution in [3.05, 3.63) is 47.0 Å². The summed E-state index contributed by atoms with van der Waals surface area (Å²) >= 11 is 0. The molecule has 122 valence electrons. The van der Waals surface area contributed by atoms with E-state index >= 15 is 0 Å². The third kappa shape index (κ3) is 2.56. The molecule has 1 aliphatic carbocycles. The monoisotopic (exact) mass is 323 g/mol. The van der Waals surface area contributed by atoms with Crippen molar-refractivity contribution in [2.75, 3.05) is 5.32 Å². The van der Waals surface area contributed by atoms with Gasteiger partial charge in [0.2, 0.25) is 0 Å². The Balaban J connectivity index is 1.49. The molecule has 8 heteroatoms. The molecular formula is C16H17N7O. The van der Waals surface area contributed by atoms with Gasteiger partial charge in [-0.1, -0.05) is 0 Å². The highest BCUT2D eigenvalue weighted by atomic mass is 16.1. The number of hydrogen-bond donors (Lipinski definition) is 4. The van der Waals surface area contributed by atoms with Crippen LogP contribution in [0.25, 0.3) is 11.4 Å². The van der Waals surface area contributed by atoms with Crippen LogP contribution < -0.4 is 11.1 Å². The largest absolute Gasteiger partial charge is 0.324 e. The van der Waals surface area contributed by atoms with E-state index in [9.17, 15) is 4.79 Å². The van der Waals surface area contributed by atoms with Crippen molar-refractivity contribution in [3.8, 4) is 11.4 Å². The lowest BCUT2D eigenvalue weighted by atomic mass is 10.1. The smallest absolute Gasteiger partial charge is 0.276 e. The predicted molar refractivity (Wildman–Crippen MR) is 88.3 cm³/mol. The average molecular weight is 323 g/mol. The van der Waals surface area contributed by atoms with Gasteiger partial charge in [-0.3, -0.25) is 15.0 Å². The van der Waals surface area contributed by atoms with Crippen LogP contribution >= 0.6 is 0 Å². The van der Waals surface area contributed by atoms with Gasteiger partial charge in [-0.05, 0) is 43.5 Å². The highest BCUT2D eigenvalue weighted by Gasteiger charge is 2.23. The topological polar surface area (TPSA) is 125 Å². The summed E-state index contributed by atoms with van der Waals surface area (Å²) in [6, 6.07) is 7.35. The number of nitrogens with one attached hydrogen (secondary N) is 3. The van der Waals surface area contributed by atoms with Gasteiger partial charge in [-0.15, -0.1) is 0 Å². The Hall–Kier alpha value is -3.00. The average Bonchev–Trinajstić information content (AvgIpc) is 3.31. The maximum Gasteiger partial charge on any atom is 0.276 e. The Bertz CT molecular complexity index is 878. The second-order valence-electron chi connectivity index (χ2n) is 5.72. The molecule has 0 saturated heterocycles. The number of nitrogens with two attached hydrogens (primary N) is 1. The molecule has 8 nitrogen and oxygen atoms in total. The van der Waals surface area contributed by atoms with Crippen LogP contribution in [0.15, 0.2) is 24.3 Å². The minimum Gasteiger partial charge on any atom is -0.324 e. The summed E-state index contributed by atoms with van der Waals surface area (Å²) in [5.74, 6) is 1.03. The summed E-state index contributed by atoms with van der Waals surface area (Å²) in [6.45, 7) is 0.315. The number of fused-ring (bicyclic) bond motifs is 1. The molecule has 1 amide bonds. The molecule has 5 N–H and O–H groups in total. The number of anilines is 1. The fourth-order valence-corrected chi connectivity index (χ4v) is 2.92. The van der Waals surface area contributed by atoms with Crippen LogP contribution in [0.4, 0.5) is 5.69 Å². The highest BCUT2D eigenvalue weighted by molar-refractivity contribution is 6.04. The van der Waals surface area contributed by atoms with Crippen molar-refractivity contribution in [2.45, 2.75) is 25.8 Å². The molecule has 0 spiro atoms. The summed E-state index contributed by atoms with van der Waals surface area (Å²) < 4.78 is 0. The number of aryl methyl sites for hydroxylation is 1. The van der Waals surface area contributed by atoms with Gasteiger partial charge in [0, 0.05) is 22.5 Å². The van der Waals surface area contributed by atoms with Crippen molar-refractivity contribution in [2.24, 2.45) is 5.73 Å². The Kier molecular flexibility index (Phi) is 3.58. The lowest BCUT2D eigenvalue weighted by molar-refractivity contribution is 0.102. The first-order valence-corrected chi connectivity index (χ1v) is 7.84. The zero-order valence-corrected chi connectivity index (χ0v) is 13.0. The minimum atomic E-state index is -0.189. The highest BCUT2D eigenvalue weighted by Crippen LogP contribution is 2.24. The maximum absolute atomic E-state index is 12.4. The van der Waals surface area contributed by atoms with Gasteiger partial charge >= 0.3 is 0 Å². The van der Waals surface area contributed by atoms with E-state index in [1.54, 1.807) is 0 Å². The molecule has 1 aromatic carbocycles. The fourth-order valence-electron chi connectivity index (χ4n) is 2.92. The first-order chi connectivity index (χ1) is 11.7. The van der Waals surface area contributed by atoms with Gasteiger partial charge in [0.1, 0.15) is 5.82 Å². The van der Waals surface area contributed by atoms with Gasteiger partial charge < -0.3 is 11.1 Å². The zero-order valence-electron chi connectivity index (χ0n) is 13.0. The molecule has 4 rings (SSSR count). The van der Waals surface area contributed by atoms with Crippen molar-refractivity contribution in [1.29, 1.82) is 0 Å². The molecule has 0 fully saturated rings. The first-order valence-electron chi connectivity index (χ1n) is 7.84.